The predicted molar refractivity (Wildman–Crippen MR) is 86.7 cm³/mol. The van der Waals surface area contributed by atoms with Crippen LogP contribution in [0.3, 0.4) is 0 Å². The molecule has 0 aliphatic carbocycles. The first-order valence-corrected chi connectivity index (χ1v) is 8.28. The molecule has 1 atom stereocenters. The molecule has 0 amide bonds. The number of ether oxygens (including phenoxy) is 1. The summed E-state index contributed by atoms with van der Waals surface area (Å²) in [5.41, 5.74) is 6.89. The van der Waals surface area contributed by atoms with Gasteiger partial charge in [0.2, 0.25) is 0 Å². The Labute approximate surface area is 126 Å². The molecule has 3 nitrogen and oxygen atoms in total. The third-order valence-corrected chi connectivity index (χ3v) is 5.14. The van der Waals surface area contributed by atoms with Gasteiger partial charge >= 0.3 is 0 Å². The summed E-state index contributed by atoms with van der Waals surface area (Å²) in [5, 5.41) is 3.14. The van der Waals surface area contributed by atoms with E-state index >= 15 is 0 Å². The summed E-state index contributed by atoms with van der Waals surface area (Å²) in [6.45, 7) is 2.62. The Balaban J connectivity index is 1.84. The molecule has 0 bridgehead atoms. The highest BCUT2D eigenvalue weighted by Gasteiger charge is 2.08. The van der Waals surface area contributed by atoms with Crippen LogP contribution in [0.1, 0.15) is 13.3 Å². The molecule has 0 saturated carbocycles. The predicted octanol–water partition coefficient (Wildman–Crippen LogP) is 4.14. The highest BCUT2D eigenvalue weighted by molar-refractivity contribution is 7.25. The third kappa shape index (κ3) is 2.85. The van der Waals surface area contributed by atoms with Crippen molar-refractivity contribution in [3.05, 3.63) is 35.7 Å². The highest BCUT2D eigenvalue weighted by atomic mass is 32.1. The highest BCUT2D eigenvalue weighted by Crippen LogP contribution is 2.34. The first-order valence-electron chi connectivity index (χ1n) is 6.59. The van der Waals surface area contributed by atoms with Crippen molar-refractivity contribution in [2.24, 2.45) is 5.73 Å². The molecule has 1 unspecified atom stereocenters. The molecule has 3 aromatic rings. The molecular weight excluding hydrogens is 288 g/mol. The van der Waals surface area contributed by atoms with Crippen molar-refractivity contribution < 1.29 is 4.74 Å². The Morgan fingerprint density at radius 1 is 1.35 bits per heavy atom. The van der Waals surface area contributed by atoms with Crippen LogP contribution in [0.25, 0.3) is 20.1 Å². The Morgan fingerprint density at radius 2 is 2.25 bits per heavy atom. The monoisotopic (exact) mass is 304 g/mol. The molecule has 0 aliphatic heterocycles. The largest absolute Gasteiger partial charge is 0.492 e. The maximum atomic E-state index is 5.87. The molecule has 2 N–H and O–H groups in total. The van der Waals surface area contributed by atoms with E-state index in [1.165, 1.54) is 4.88 Å². The van der Waals surface area contributed by atoms with Crippen LogP contribution >= 0.6 is 22.7 Å². The maximum Gasteiger partial charge on any atom is 0.134 e. The third-order valence-electron chi connectivity index (χ3n) is 3.08. The standard InChI is InChI=1S/C15H16N2OS2/c1-2-10(16)9-18-11-5-6-12-14(8-11)20-15(17-12)13-4-3-7-19-13/h3-8,10H,2,9,16H2,1H3. The molecule has 2 heterocycles. The van der Waals surface area contributed by atoms with Gasteiger partial charge in [-0.15, -0.1) is 22.7 Å². The van der Waals surface area contributed by atoms with Crippen molar-refractivity contribution in [3.8, 4) is 15.6 Å². The second-order valence-corrected chi connectivity index (χ2v) is 6.58. The van der Waals surface area contributed by atoms with Gasteiger partial charge in [-0.3, -0.25) is 0 Å². The minimum atomic E-state index is 0.0915. The molecule has 3 rings (SSSR count). The molecule has 104 valence electrons. The van der Waals surface area contributed by atoms with Crippen LogP contribution in [0.4, 0.5) is 0 Å². The Hall–Kier alpha value is -1.43. The van der Waals surface area contributed by atoms with Crippen molar-refractivity contribution in [1.29, 1.82) is 0 Å². The van der Waals surface area contributed by atoms with Gasteiger partial charge in [-0.2, -0.15) is 0 Å². The van der Waals surface area contributed by atoms with Crippen LogP contribution in [0, 0.1) is 0 Å². The number of thiazole rings is 1. The van der Waals surface area contributed by atoms with Gasteiger partial charge in [0, 0.05) is 6.04 Å². The minimum Gasteiger partial charge on any atom is -0.492 e. The van der Waals surface area contributed by atoms with E-state index in [-0.39, 0.29) is 6.04 Å². The molecule has 0 radical (unpaired) electrons. The molecule has 2 aromatic heterocycles. The van der Waals surface area contributed by atoms with Gasteiger partial charge in [-0.1, -0.05) is 13.0 Å². The average Bonchev–Trinajstić information content (AvgIpc) is 3.12. The first kappa shape index (κ1) is 13.5. The van der Waals surface area contributed by atoms with Gasteiger partial charge in [0.15, 0.2) is 0 Å². The Morgan fingerprint density at radius 3 is 3.00 bits per heavy atom. The summed E-state index contributed by atoms with van der Waals surface area (Å²) >= 11 is 3.41. The van der Waals surface area contributed by atoms with Crippen LogP contribution in [0.15, 0.2) is 35.7 Å². The van der Waals surface area contributed by atoms with E-state index in [4.69, 9.17) is 10.5 Å². The SMILES string of the molecule is CCC(N)COc1ccc2nc(-c3cccs3)sc2c1. The molecule has 0 aliphatic rings. The summed E-state index contributed by atoms with van der Waals surface area (Å²) in [5.74, 6) is 0.864. The quantitative estimate of drug-likeness (QED) is 0.770. The molecule has 0 saturated heterocycles. The van der Waals surface area contributed by atoms with E-state index in [2.05, 4.69) is 23.4 Å². The lowest BCUT2D eigenvalue weighted by Crippen LogP contribution is -2.26. The zero-order valence-electron chi connectivity index (χ0n) is 11.2. The fourth-order valence-corrected chi connectivity index (χ4v) is 3.61. The number of benzene rings is 1. The molecule has 20 heavy (non-hydrogen) atoms. The minimum absolute atomic E-state index is 0.0915. The lowest BCUT2D eigenvalue weighted by molar-refractivity contribution is 0.286. The lowest BCUT2D eigenvalue weighted by Gasteiger charge is -2.10. The summed E-state index contributed by atoms with van der Waals surface area (Å²) in [7, 11) is 0. The first-order chi connectivity index (χ1) is 9.76. The molecule has 1 aromatic carbocycles. The second kappa shape index (κ2) is 5.91. The number of nitrogens with zero attached hydrogens (tertiary/aromatic N) is 1. The number of nitrogens with two attached hydrogens (primary N) is 1. The van der Waals surface area contributed by atoms with Crippen molar-refractivity contribution in [2.75, 3.05) is 6.61 Å². The van der Waals surface area contributed by atoms with Crippen LogP contribution in [-0.2, 0) is 0 Å². The van der Waals surface area contributed by atoms with Gasteiger partial charge in [-0.05, 0) is 36.1 Å². The summed E-state index contributed by atoms with van der Waals surface area (Å²) in [4.78, 5) is 5.87. The Kier molecular flexibility index (Phi) is 4.00. The number of rotatable bonds is 5. The van der Waals surface area contributed by atoms with Gasteiger partial charge in [0.1, 0.15) is 17.4 Å². The van der Waals surface area contributed by atoms with E-state index in [1.807, 2.05) is 24.3 Å². The number of fused-ring (bicyclic) bond motifs is 1. The van der Waals surface area contributed by atoms with Crippen LogP contribution in [0.2, 0.25) is 0 Å². The van der Waals surface area contributed by atoms with E-state index in [9.17, 15) is 0 Å². The Bertz CT molecular complexity index is 691. The van der Waals surface area contributed by atoms with Crippen molar-refractivity contribution in [2.45, 2.75) is 19.4 Å². The van der Waals surface area contributed by atoms with E-state index < -0.39 is 0 Å². The number of aromatic nitrogens is 1. The smallest absolute Gasteiger partial charge is 0.134 e. The van der Waals surface area contributed by atoms with Gasteiger partial charge in [0.25, 0.3) is 0 Å². The van der Waals surface area contributed by atoms with Crippen molar-refractivity contribution in [1.82, 2.24) is 4.98 Å². The zero-order chi connectivity index (χ0) is 13.9. The van der Waals surface area contributed by atoms with E-state index in [1.54, 1.807) is 22.7 Å². The molecular formula is C15H16N2OS2. The number of hydrogen-bond donors (Lipinski definition) is 1. The maximum absolute atomic E-state index is 5.87. The van der Waals surface area contributed by atoms with Crippen LogP contribution in [0.5, 0.6) is 5.75 Å². The second-order valence-electron chi connectivity index (χ2n) is 4.61. The number of hydrogen-bond acceptors (Lipinski definition) is 5. The van der Waals surface area contributed by atoms with Gasteiger partial charge < -0.3 is 10.5 Å². The molecule has 5 heteroatoms. The average molecular weight is 304 g/mol. The summed E-state index contributed by atoms with van der Waals surface area (Å²) in [6.07, 6.45) is 0.922. The van der Waals surface area contributed by atoms with Gasteiger partial charge in [-0.25, -0.2) is 4.98 Å². The van der Waals surface area contributed by atoms with Crippen LogP contribution in [-0.4, -0.2) is 17.6 Å². The zero-order valence-corrected chi connectivity index (χ0v) is 12.8. The van der Waals surface area contributed by atoms with E-state index in [0.29, 0.717) is 6.61 Å². The van der Waals surface area contributed by atoms with Crippen molar-refractivity contribution >= 4 is 32.9 Å². The van der Waals surface area contributed by atoms with Gasteiger partial charge in [0.05, 0.1) is 15.1 Å². The fourth-order valence-electron chi connectivity index (χ4n) is 1.82. The van der Waals surface area contributed by atoms with Crippen LogP contribution < -0.4 is 10.5 Å². The lowest BCUT2D eigenvalue weighted by atomic mass is 10.2. The fraction of sp³-hybridized carbons (Fsp3) is 0.267. The number of thiophene rings is 1. The normalized spacial score (nSPS) is 12.7. The van der Waals surface area contributed by atoms with Crippen molar-refractivity contribution in [3.63, 3.8) is 0 Å². The van der Waals surface area contributed by atoms with E-state index in [0.717, 1.165) is 27.4 Å². The topological polar surface area (TPSA) is 48.1 Å². The summed E-state index contributed by atoms with van der Waals surface area (Å²) < 4.78 is 6.87. The molecule has 0 fully saturated rings. The summed E-state index contributed by atoms with van der Waals surface area (Å²) in [6, 6.07) is 10.3. The molecule has 0 spiro atoms.